The summed E-state index contributed by atoms with van der Waals surface area (Å²) in [5, 5.41) is 10.4. The number of hydrogen-bond acceptors (Lipinski definition) is 7. The molecule has 7 nitrogen and oxygen atoms in total. The molecule has 2 aromatic rings. The number of benzene rings is 1. The number of carboxylic acid groups (broad SMARTS) is 1. The molecule has 166 valence electrons. The number of aliphatic carboxylic acids is 1. The molecule has 1 aromatic heterocycles. The standard InChI is InChI=1S/C22H20N2O5S3/c1-29-9-4-2-8(3-5-9)13-14-10-6-11(17(14)31-19-18(13)32-22(30)23-19)16-15(10)20(27)24(21(16)28)7-12(25)26/h2-5,10-11,13-17H,6-7H2,1H3,(H,23,30)(H,25,26)/t10-,11+,13-,14+,15+,16+,17+/m0/s1. The van der Waals surface area contributed by atoms with Crippen molar-refractivity contribution in [3.63, 3.8) is 0 Å². The first-order valence-corrected chi connectivity index (χ1v) is 12.6. The highest BCUT2D eigenvalue weighted by Gasteiger charge is 2.69. The van der Waals surface area contributed by atoms with E-state index in [4.69, 9.17) is 17.0 Å². The minimum Gasteiger partial charge on any atom is -0.497 e. The smallest absolute Gasteiger partial charge is 0.323 e. The third-order valence-corrected chi connectivity index (χ3v) is 10.5. The Morgan fingerprint density at radius 2 is 1.91 bits per heavy atom. The molecule has 0 radical (unpaired) electrons. The van der Waals surface area contributed by atoms with Gasteiger partial charge in [0.15, 0.2) is 3.95 Å². The SMILES string of the molecule is COc1ccc([C@@H]2c3sc(=S)[nH]c3S[C@@H]3[C@@H]4C[C@H]([C@H]5C(=O)N(CC(=O)O)C(=O)[C@H]45)[C@H]23)cc1. The summed E-state index contributed by atoms with van der Waals surface area (Å²) >= 11 is 8.79. The van der Waals surface area contributed by atoms with Gasteiger partial charge >= 0.3 is 5.97 Å². The van der Waals surface area contributed by atoms with Crippen LogP contribution in [0, 0.1) is 33.5 Å². The van der Waals surface area contributed by atoms with Gasteiger partial charge < -0.3 is 14.8 Å². The monoisotopic (exact) mass is 488 g/mol. The highest BCUT2D eigenvalue weighted by atomic mass is 32.2. The van der Waals surface area contributed by atoms with Crippen LogP contribution in [0.5, 0.6) is 5.75 Å². The number of nitrogens with zero attached hydrogens (tertiary/aromatic N) is 1. The van der Waals surface area contributed by atoms with Gasteiger partial charge in [0, 0.05) is 16.0 Å². The third-order valence-electron chi connectivity index (χ3n) is 7.58. The maximum Gasteiger partial charge on any atom is 0.323 e. The Morgan fingerprint density at radius 3 is 2.56 bits per heavy atom. The summed E-state index contributed by atoms with van der Waals surface area (Å²) in [6, 6.07) is 8.05. The molecule has 1 aromatic carbocycles. The van der Waals surface area contributed by atoms with Crippen LogP contribution in [0.2, 0.25) is 0 Å². The number of aromatic nitrogens is 1. The van der Waals surface area contributed by atoms with Gasteiger partial charge in [0.25, 0.3) is 0 Å². The van der Waals surface area contributed by atoms with Gasteiger partial charge in [0.05, 0.1) is 24.0 Å². The highest BCUT2D eigenvalue weighted by Crippen LogP contribution is 2.68. The number of nitrogens with one attached hydrogen (secondary N) is 1. The van der Waals surface area contributed by atoms with E-state index in [2.05, 4.69) is 17.1 Å². The second kappa shape index (κ2) is 7.16. The quantitative estimate of drug-likeness (QED) is 0.503. The van der Waals surface area contributed by atoms with Crippen molar-refractivity contribution in [3.8, 4) is 5.75 Å². The molecular weight excluding hydrogens is 468 g/mol. The number of amides is 2. The lowest BCUT2D eigenvalue weighted by molar-refractivity contribution is -0.149. The van der Waals surface area contributed by atoms with Crippen LogP contribution in [0.25, 0.3) is 0 Å². The molecule has 7 atom stereocenters. The van der Waals surface area contributed by atoms with Crippen LogP contribution in [0.4, 0.5) is 0 Å². The van der Waals surface area contributed by atoms with Crippen LogP contribution in [-0.4, -0.2) is 51.7 Å². The predicted octanol–water partition coefficient (Wildman–Crippen LogP) is 3.37. The molecule has 2 aliphatic carbocycles. The summed E-state index contributed by atoms with van der Waals surface area (Å²) in [4.78, 5) is 43.0. The van der Waals surface area contributed by atoms with E-state index < -0.39 is 24.3 Å². The van der Waals surface area contributed by atoms with E-state index in [0.29, 0.717) is 0 Å². The van der Waals surface area contributed by atoms with Crippen molar-refractivity contribution >= 4 is 53.1 Å². The fourth-order valence-electron chi connectivity index (χ4n) is 6.55. The number of fused-ring (bicyclic) bond motifs is 9. The molecule has 1 saturated heterocycles. The fraction of sp³-hybridized carbons (Fsp3) is 0.455. The van der Waals surface area contributed by atoms with Crippen molar-refractivity contribution in [3.05, 3.63) is 38.7 Å². The number of ether oxygens (including phenoxy) is 1. The minimum atomic E-state index is -1.16. The van der Waals surface area contributed by atoms with E-state index in [-0.39, 0.29) is 40.7 Å². The number of carbonyl (C=O) groups is 3. The molecule has 6 rings (SSSR count). The average molecular weight is 489 g/mol. The Labute approximate surface area is 197 Å². The van der Waals surface area contributed by atoms with Crippen LogP contribution in [0.15, 0.2) is 29.3 Å². The summed E-state index contributed by atoms with van der Waals surface area (Å²) in [5.74, 6) is -1.42. The van der Waals surface area contributed by atoms with E-state index in [1.54, 1.807) is 30.2 Å². The van der Waals surface area contributed by atoms with Gasteiger partial charge in [0.2, 0.25) is 11.8 Å². The molecule has 32 heavy (non-hydrogen) atoms. The number of likely N-dealkylation sites (tertiary alicyclic amines) is 1. The van der Waals surface area contributed by atoms with Gasteiger partial charge in [-0.1, -0.05) is 12.1 Å². The maximum atomic E-state index is 13.2. The van der Waals surface area contributed by atoms with Crippen molar-refractivity contribution in [2.45, 2.75) is 22.6 Å². The van der Waals surface area contributed by atoms with Crippen LogP contribution in [-0.2, 0) is 14.4 Å². The lowest BCUT2D eigenvalue weighted by atomic mass is 9.68. The molecule has 2 saturated carbocycles. The number of aromatic amines is 1. The van der Waals surface area contributed by atoms with Crippen molar-refractivity contribution in [1.82, 2.24) is 9.88 Å². The van der Waals surface area contributed by atoms with Crippen molar-refractivity contribution in [2.24, 2.45) is 29.6 Å². The van der Waals surface area contributed by atoms with E-state index in [9.17, 15) is 19.5 Å². The zero-order valence-electron chi connectivity index (χ0n) is 17.0. The Hall–Kier alpha value is -2.17. The summed E-state index contributed by atoms with van der Waals surface area (Å²) in [6.45, 7) is -0.547. The van der Waals surface area contributed by atoms with Gasteiger partial charge in [0.1, 0.15) is 12.3 Å². The highest BCUT2D eigenvalue weighted by molar-refractivity contribution is 8.00. The minimum absolute atomic E-state index is 0.0497. The predicted molar refractivity (Wildman–Crippen MR) is 120 cm³/mol. The van der Waals surface area contributed by atoms with Crippen LogP contribution in [0.1, 0.15) is 22.8 Å². The fourth-order valence-corrected chi connectivity index (χ4v) is 9.89. The lowest BCUT2D eigenvalue weighted by Gasteiger charge is -2.43. The number of H-pyrrole nitrogens is 1. The van der Waals surface area contributed by atoms with Gasteiger partial charge in [-0.15, -0.1) is 23.1 Å². The molecule has 10 heteroatoms. The van der Waals surface area contributed by atoms with E-state index >= 15 is 0 Å². The number of carboxylic acids is 1. The number of carbonyl (C=O) groups excluding carboxylic acids is 2. The summed E-state index contributed by atoms with van der Waals surface area (Å²) < 4.78 is 6.06. The van der Waals surface area contributed by atoms with Gasteiger partial charge in [-0.25, -0.2) is 0 Å². The number of thioether (sulfide) groups is 1. The summed E-state index contributed by atoms with van der Waals surface area (Å²) in [5.41, 5.74) is 1.15. The second-order valence-electron chi connectivity index (χ2n) is 8.89. The van der Waals surface area contributed by atoms with Crippen molar-refractivity contribution in [1.29, 1.82) is 0 Å². The molecule has 3 fully saturated rings. The van der Waals surface area contributed by atoms with Gasteiger partial charge in [-0.2, -0.15) is 0 Å². The van der Waals surface area contributed by atoms with E-state index in [0.717, 1.165) is 31.6 Å². The summed E-state index contributed by atoms with van der Waals surface area (Å²) in [7, 11) is 1.64. The van der Waals surface area contributed by atoms with Crippen LogP contribution >= 0.6 is 35.3 Å². The van der Waals surface area contributed by atoms with Gasteiger partial charge in [-0.05, 0) is 54.1 Å². The Bertz CT molecular complexity index is 1200. The molecule has 2 aliphatic heterocycles. The van der Waals surface area contributed by atoms with Crippen molar-refractivity contribution < 1.29 is 24.2 Å². The maximum absolute atomic E-state index is 13.2. The summed E-state index contributed by atoms with van der Waals surface area (Å²) in [6.07, 6.45) is 0.832. The number of rotatable bonds is 4. The third kappa shape index (κ3) is 2.72. The first kappa shape index (κ1) is 20.4. The normalized spacial score (nSPS) is 34.4. The van der Waals surface area contributed by atoms with Crippen molar-refractivity contribution in [2.75, 3.05) is 13.7 Å². The largest absolute Gasteiger partial charge is 0.497 e. The molecule has 2 bridgehead atoms. The first-order valence-electron chi connectivity index (χ1n) is 10.5. The Balaban J connectivity index is 1.44. The topological polar surface area (TPSA) is 99.7 Å². The first-order chi connectivity index (χ1) is 15.4. The van der Waals surface area contributed by atoms with E-state index in [1.807, 2.05) is 12.1 Å². The van der Waals surface area contributed by atoms with Crippen LogP contribution < -0.4 is 4.74 Å². The van der Waals surface area contributed by atoms with Gasteiger partial charge in [-0.3, -0.25) is 19.3 Å². The number of hydrogen-bond donors (Lipinski definition) is 2. The lowest BCUT2D eigenvalue weighted by Crippen LogP contribution is -2.42. The zero-order chi connectivity index (χ0) is 22.3. The van der Waals surface area contributed by atoms with E-state index in [1.165, 1.54) is 4.88 Å². The molecular formula is C22H20N2O5S3. The number of methoxy groups -OCH3 is 1. The zero-order valence-corrected chi connectivity index (χ0v) is 19.5. The molecule has 3 heterocycles. The Morgan fingerprint density at radius 1 is 1.22 bits per heavy atom. The average Bonchev–Trinajstić information content (AvgIpc) is 3.49. The number of thiazole rings is 1. The number of imide groups is 1. The Kier molecular flexibility index (Phi) is 4.58. The molecule has 4 aliphatic rings. The molecule has 2 N–H and O–H groups in total. The molecule has 0 spiro atoms. The van der Waals surface area contributed by atoms with Crippen LogP contribution in [0.3, 0.4) is 0 Å². The molecule has 0 unspecified atom stereocenters. The second-order valence-corrected chi connectivity index (χ2v) is 11.8. The molecule has 2 amide bonds.